The van der Waals surface area contributed by atoms with Gasteiger partial charge in [0, 0.05) is 17.2 Å². The molecule has 1 fully saturated rings. The molecule has 0 unspecified atom stereocenters. The Hall–Kier alpha value is -1.87. The largest absolute Gasteiger partial charge is 0.394 e. The summed E-state index contributed by atoms with van der Waals surface area (Å²) in [7, 11) is 0. The molecule has 4 atom stereocenters. The van der Waals surface area contributed by atoms with Crippen LogP contribution >= 0.6 is 11.8 Å². The van der Waals surface area contributed by atoms with E-state index in [0.29, 0.717) is 0 Å². The van der Waals surface area contributed by atoms with E-state index in [1.54, 1.807) is 0 Å². The highest BCUT2D eigenvalue weighted by Gasteiger charge is 2.45. The fourth-order valence-corrected chi connectivity index (χ4v) is 3.73. The van der Waals surface area contributed by atoms with Crippen LogP contribution in [0.4, 0.5) is 0 Å². The number of aliphatic hydroxyl groups is 2. The fraction of sp³-hybridized carbons (Fsp3) is 0.333. The summed E-state index contributed by atoms with van der Waals surface area (Å²) in [5.74, 6) is 0. The molecule has 0 aliphatic carbocycles. The summed E-state index contributed by atoms with van der Waals surface area (Å²) < 4.78 is 6.76. The van der Waals surface area contributed by atoms with Crippen LogP contribution in [-0.2, 0) is 4.74 Å². The Bertz CT molecular complexity index is 775. The third-order valence-electron chi connectivity index (χ3n) is 3.63. The third-order valence-corrected chi connectivity index (χ3v) is 5.03. The molecular weight excluding hydrogens is 320 g/mol. The molecule has 1 aliphatic rings. The van der Waals surface area contributed by atoms with Gasteiger partial charge in [0.05, 0.1) is 18.0 Å². The van der Waals surface area contributed by atoms with Gasteiger partial charge in [0.15, 0.2) is 6.23 Å². The van der Waals surface area contributed by atoms with Crippen LogP contribution in [0.3, 0.4) is 0 Å². The number of thioether (sulfide) groups is 1. The van der Waals surface area contributed by atoms with Crippen LogP contribution in [0.2, 0.25) is 0 Å². The number of aliphatic hydroxyl groups excluding tert-OH is 2. The van der Waals surface area contributed by atoms with Crippen molar-refractivity contribution in [3.63, 3.8) is 0 Å². The molecule has 2 heterocycles. The summed E-state index contributed by atoms with van der Waals surface area (Å²) in [6, 6.07) is 10.6. The van der Waals surface area contributed by atoms with Gasteiger partial charge < -0.3 is 14.9 Å². The van der Waals surface area contributed by atoms with Gasteiger partial charge in [-0.15, -0.1) is 11.8 Å². The lowest BCUT2D eigenvalue weighted by atomic mass is 10.2. The summed E-state index contributed by atoms with van der Waals surface area (Å²) in [5, 5.41) is 19.6. The van der Waals surface area contributed by atoms with E-state index < -0.39 is 34.9 Å². The van der Waals surface area contributed by atoms with E-state index in [1.807, 2.05) is 30.3 Å². The average molecular weight is 336 g/mol. The van der Waals surface area contributed by atoms with Gasteiger partial charge in [-0.2, -0.15) is 0 Å². The number of nitrogens with zero attached hydrogens (tertiary/aromatic N) is 1. The van der Waals surface area contributed by atoms with Gasteiger partial charge in [0.2, 0.25) is 0 Å². The SMILES string of the molecule is O=c1ccn([C@@H]2O[C@H](CO)[C@@H](Sc3ccccc3)[C@@H]2O)c(=O)[nH]1. The van der Waals surface area contributed by atoms with Crippen molar-refractivity contribution < 1.29 is 14.9 Å². The van der Waals surface area contributed by atoms with Crippen molar-refractivity contribution >= 4 is 11.8 Å². The Morgan fingerprint density at radius 2 is 1.96 bits per heavy atom. The van der Waals surface area contributed by atoms with Crippen LogP contribution in [0.15, 0.2) is 57.1 Å². The molecule has 1 aliphatic heterocycles. The molecule has 0 amide bonds. The molecular formula is C15H16N2O5S. The number of hydrogen-bond acceptors (Lipinski definition) is 6. The zero-order chi connectivity index (χ0) is 16.4. The predicted molar refractivity (Wildman–Crippen MR) is 84.4 cm³/mol. The number of aromatic nitrogens is 2. The Labute approximate surface area is 135 Å². The van der Waals surface area contributed by atoms with Crippen LogP contribution in [0.5, 0.6) is 0 Å². The number of H-pyrrole nitrogens is 1. The minimum atomic E-state index is -1.01. The van der Waals surface area contributed by atoms with Crippen molar-refractivity contribution in [2.24, 2.45) is 0 Å². The van der Waals surface area contributed by atoms with Crippen LogP contribution in [0, 0.1) is 0 Å². The Kier molecular flexibility index (Phi) is 4.67. The normalized spacial score (nSPS) is 27.2. The molecule has 3 N–H and O–H groups in total. The lowest BCUT2D eigenvalue weighted by molar-refractivity contribution is -0.0530. The first-order chi connectivity index (χ1) is 11.1. The van der Waals surface area contributed by atoms with Gasteiger partial charge in [0.1, 0.15) is 6.10 Å². The molecule has 122 valence electrons. The number of benzene rings is 1. The van der Waals surface area contributed by atoms with E-state index >= 15 is 0 Å². The molecule has 7 nitrogen and oxygen atoms in total. The number of rotatable bonds is 4. The Morgan fingerprint density at radius 1 is 1.22 bits per heavy atom. The van der Waals surface area contributed by atoms with Gasteiger partial charge >= 0.3 is 5.69 Å². The molecule has 0 spiro atoms. The van der Waals surface area contributed by atoms with Crippen molar-refractivity contribution in [3.05, 3.63) is 63.4 Å². The second kappa shape index (κ2) is 6.71. The zero-order valence-corrected chi connectivity index (χ0v) is 12.8. The van der Waals surface area contributed by atoms with Crippen LogP contribution in [0.1, 0.15) is 6.23 Å². The third kappa shape index (κ3) is 3.25. The minimum absolute atomic E-state index is 0.282. The fourth-order valence-electron chi connectivity index (χ4n) is 2.53. The molecule has 0 bridgehead atoms. The summed E-state index contributed by atoms with van der Waals surface area (Å²) in [4.78, 5) is 26.1. The second-order valence-corrected chi connectivity index (χ2v) is 6.40. The summed E-state index contributed by atoms with van der Waals surface area (Å²) in [6.45, 7) is -0.282. The minimum Gasteiger partial charge on any atom is -0.394 e. The quantitative estimate of drug-likeness (QED) is 0.723. The zero-order valence-electron chi connectivity index (χ0n) is 12.0. The summed E-state index contributed by atoms with van der Waals surface area (Å²) in [6.07, 6.45) is -1.32. The molecule has 8 heteroatoms. The van der Waals surface area contributed by atoms with Gasteiger partial charge in [-0.1, -0.05) is 18.2 Å². The first-order valence-electron chi connectivity index (χ1n) is 7.07. The van der Waals surface area contributed by atoms with Gasteiger partial charge in [0.25, 0.3) is 5.56 Å². The van der Waals surface area contributed by atoms with Crippen molar-refractivity contribution in [3.8, 4) is 0 Å². The molecule has 23 heavy (non-hydrogen) atoms. The molecule has 1 saturated heterocycles. The average Bonchev–Trinajstić information content (AvgIpc) is 2.85. The predicted octanol–water partition coefficient (Wildman–Crippen LogP) is -0.0519. The Morgan fingerprint density at radius 3 is 2.61 bits per heavy atom. The van der Waals surface area contributed by atoms with E-state index in [4.69, 9.17) is 4.74 Å². The van der Waals surface area contributed by atoms with Crippen molar-refractivity contribution in [1.82, 2.24) is 9.55 Å². The van der Waals surface area contributed by atoms with E-state index in [2.05, 4.69) is 4.98 Å². The maximum absolute atomic E-state index is 11.9. The number of nitrogens with one attached hydrogen (secondary N) is 1. The monoisotopic (exact) mass is 336 g/mol. The van der Waals surface area contributed by atoms with Gasteiger partial charge in [-0.3, -0.25) is 14.3 Å². The summed E-state index contributed by atoms with van der Waals surface area (Å²) >= 11 is 1.38. The smallest absolute Gasteiger partial charge is 0.330 e. The molecule has 1 aromatic carbocycles. The Balaban J connectivity index is 1.87. The van der Waals surface area contributed by atoms with Gasteiger partial charge in [-0.05, 0) is 12.1 Å². The number of ether oxygens (including phenoxy) is 1. The van der Waals surface area contributed by atoms with E-state index in [1.165, 1.54) is 24.0 Å². The van der Waals surface area contributed by atoms with Crippen LogP contribution < -0.4 is 11.2 Å². The molecule has 1 aromatic heterocycles. The molecule has 2 aromatic rings. The van der Waals surface area contributed by atoms with E-state index in [-0.39, 0.29) is 6.61 Å². The molecule has 0 radical (unpaired) electrons. The number of hydrogen-bond donors (Lipinski definition) is 3. The first kappa shape index (κ1) is 16.0. The lowest BCUT2D eigenvalue weighted by Crippen LogP contribution is -2.36. The standard InChI is InChI=1S/C15H16N2O5S/c18-8-10-13(23-9-4-2-1-3-5-9)12(20)14(22-10)17-7-6-11(19)16-15(17)21/h1-7,10,12-14,18,20H,8H2,(H,16,19,21)/t10-,12+,13-,14-/m1/s1. The first-order valence-corrected chi connectivity index (χ1v) is 7.95. The molecule has 3 rings (SSSR count). The maximum atomic E-state index is 11.9. The highest BCUT2D eigenvalue weighted by molar-refractivity contribution is 8.00. The van der Waals surface area contributed by atoms with Crippen LogP contribution in [0.25, 0.3) is 0 Å². The lowest BCUT2D eigenvalue weighted by Gasteiger charge is -2.19. The van der Waals surface area contributed by atoms with Crippen molar-refractivity contribution in [1.29, 1.82) is 0 Å². The van der Waals surface area contributed by atoms with E-state index in [0.717, 1.165) is 9.46 Å². The maximum Gasteiger partial charge on any atom is 0.330 e. The second-order valence-electron chi connectivity index (χ2n) is 5.15. The van der Waals surface area contributed by atoms with Crippen molar-refractivity contribution in [2.75, 3.05) is 6.61 Å². The molecule has 0 saturated carbocycles. The van der Waals surface area contributed by atoms with E-state index in [9.17, 15) is 19.8 Å². The van der Waals surface area contributed by atoms with Crippen LogP contribution in [-0.4, -0.2) is 43.8 Å². The van der Waals surface area contributed by atoms with Gasteiger partial charge in [-0.25, -0.2) is 4.79 Å². The summed E-state index contributed by atoms with van der Waals surface area (Å²) in [5.41, 5.74) is -1.18. The highest BCUT2D eigenvalue weighted by atomic mass is 32.2. The number of aromatic amines is 1. The highest BCUT2D eigenvalue weighted by Crippen LogP contribution is 2.39. The topological polar surface area (TPSA) is 105 Å². The van der Waals surface area contributed by atoms with Crippen molar-refractivity contribution in [2.45, 2.75) is 28.6 Å².